The van der Waals surface area contributed by atoms with Crippen LogP contribution in [0.2, 0.25) is 5.02 Å². The van der Waals surface area contributed by atoms with Gasteiger partial charge in [0, 0.05) is 42.1 Å². The highest BCUT2D eigenvalue weighted by atomic mass is 79.9. The number of amides is 2. The second-order valence-electron chi connectivity index (χ2n) is 8.20. The maximum Gasteiger partial charge on any atom is 0.256 e. The smallest absolute Gasteiger partial charge is 0.256 e. The Labute approximate surface area is 201 Å². The Kier molecular flexibility index (Phi) is 6.72. The van der Waals surface area contributed by atoms with Crippen LogP contribution in [0.3, 0.4) is 0 Å². The van der Waals surface area contributed by atoms with Crippen molar-refractivity contribution in [2.24, 2.45) is 5.92 Å². The van der Waals surface area contributed by atoms with Crippen molar-refractivity contribution in [2.45, 2.75) is 13.8 Å². The molecule has 5 nitrogen and oxygen atoms in total. The molecule has 1 fully saturated rings. The third-order valence-electron chi connectivity index (χ3n) is 5.75. The van der Waals surface area contributed by atoms with Gasteiger partial charge in [0.1, 0.15) is 0 Å². The minimum atomic E-state index is -0.189. The molecular formula is C25H25BrClN3O2. The normalized spacial score (nSPS) is 14.2. The lowest BCUT2D eigenvalue weighted by molar-refractivity contribution is -0.134. The summed E-state index contributed by atoms with van der Waals surface area (Å²) >= 11 is 10.1. The Hall–Kier alpha value is -2.57. The first-order valence-electron chi connectivity index (χ1n) is 10.7. The number of halogens is 2. The average Bonchev–Trinajstić information content (AvgIpc) is 2.79. The summed E-state index contributed by atoms with van der Waals surface area (Å²) in [7, 11) is 0. The number of carbonyl (C=O) groups excluding carboxylic acids is 2. The van der Waals surface area contributed by atoms with Crippen molar-refractivity contribution in [1.29, 1.82) is 0 Å². The van der Waals surface area contributed by atoms with Crippen molar-refractivity contribution in [1.82, 2.24) is 4.90 Å². The second kappa shape index (κ2) is 9.51. The molecule has 0 spiro atoms. The van der Waals surface area contributed by atoms with Crippen LogP contribution in [0, 0.1) is 5.92 Å². The van der Waals surface area contributed by atoms with E-state index in [1.54, 1.807) is 0 Å². The number of anilines is 2. The Morgan fingerprint density at radius 2 is 1.59 bits per heavy atom. The molecule has 4 rings (SSSR count). The summed E-state index contributed by atoms with van der Waals surface area (Å²) in [5.41, 5.74) is 2.06. The van der Waals surface area contributed by atoms with Crippen molar-refractivity contribution >= 4 is 61.5 Å². The highest BCUT2D eigenvalue weighted by Crippen LogP contribution is 2.35. The Balaban J connectivity index is 1.59. The number of fused-ring (bicyclic) bond motifs is 1. The van der Waals surface area contributed by atoms with Gasteiger partial charge in [-0.25, -0.2) is 0 Å². The molecule has 3 aromatic rings. The monoisotopic (exact) mass is 513 g/mol. The Morgan fingerprint density at radius 1 is 0.938 bits per heavy atom. The number of nitrogens with one attached hydrogen (secondary N) is 1. The van der Waals surface area contributed by atoms with Crippen LogP contribution in [-0.2, 0) is 4.79 Å². The number of nitrogens with zero attached hydrogens (tertiary/aromatic N) is 2. The molecule has 1 N–H and O–H groups in total. The van der Waals surface area contributed by atoms with E-state index in [4.69, 9.17) is 11.6 Å². The van der Waals surface area contributed by atoms with E-state index in [1.165, 1.54) is 0 Å². The summed E-state index contributed by atoms with van der Waals surface area (Å²) in [5.74, 6) is -0.0391. The van der Waals surface area contributed by atoms with Crippen LogP contribution in [0.1, 0.15) is 24.2 Å². The summed E-state index contributed by atoms with van der Waals surface area (Å²) in [6.45, 7) is 6.42. The number of hydrogen-bond acceptors (Lipinski definition) is 3. The van der Waals surface area contributed by atoms with Gasteiger partial charge in [0.2, 0.25) is 5.91 Å². The first kappa shape index (κ1) is 22.6. The zero-order valence-corrected chi connectivity index (χ0v) is 20.4. The van der Waals surface area contributed by atoms with Gasteiger partial charge in [-0.2, -0.15) is 0 Å². The van der Waals surface area contributed by atoms with Gasteiger partial charge in [-0.1, -0.05) is 71.7 Å². The largest absolute Gasteiger partial charge is 0.365 e. The quantitative estimate of drug-likeness (QED) is 0.478. The molecule has 0 saturated carbocycles. The van der Waals surface area contributed by atoms with Crippen molar-refractivity contribution in [3.63, 3.8) is 0 Å². The van der Waals surface area contributed by atoms with Crippen LogP contribution in [0.15, 0.2) is 59.1 Å². The van der Waals surface area contributed by atoms with E-state index in [9.17, 15) is 9.59 Å². The lowest BCUT2D eigenvalue weighted by Crippen LogP contribution is -2.50. The number of carbonyl (C=O) groups is 2. The Morgan fingerprint density at radius 3 is 2.31 bits per heavy atom. The van der Waals surface area contributed by atoms with E-state index in [0.29, 0.717) is 42.5 Å². The SMILES string of the molecule is CC(C)C(=O)N1CCN(c2c(Cl)cccc2NC(=O)c2cccc3c(Br)cccc23)CC1. The summed E-state index contributed by atoms with van der Waals surface area (Å²) in [5, 5.41) is 5.51. The zero-order valence-electron chi connectivity index (χ0n) is 18.1. The molecule has 0 unspecified atom stereocenters. The topological polar surface area (TPSA) is 52.7 Å². The third kappa shape index (κ3) is 4.48. The van der Waals surface area contributed by atoms with E-state index >= 15 is 0 Å². The molecule has 0 aromatic heterocycles. The maximum atomic E-state index is 13.3. The molecule has 1 aliphatic heterocycles. The molecule has 32 heavy (non-hydrogen) atoms. The summed E-state index contributed by atoms with van der Waals surface area (Å²) in [6, 6.07) is 17.0. The number of para-hydroxylation sites is 1. The van der Waals surface area contributed by atoms with Gasteiger partial charge < -0.3 is 15.1 Å². The fourth-order valence-corrected chi connectivity index (χ4v) is 4.90. The van der Waals surface area contributed by atoms with E-state index in [2.05, 4.69) is 26.1 Å². The first-order chi connectivity index (χ1) is 15.4. The molecule has 0 bridgehead atoms. The molecule has 0 atom stereocenters. The van der Waals surface area contributed by atoms with Crippen LogP contribution in [-0.4, -0.2) is 42.9 Å². The van der Waals surface area contributed by atoms with Crippen LogP contribution in [0.25, 0.3) is 10.8 Å². The van der Waals surface area contributed by atoms with Crippen LogP contribution in [0.5, 0.6) is 0 Å². The third-order valence-corrected chi connectivity index (χ3v) is 6.75. The van der Waals surface area contributed by atoms with E-state index in [-0.39, 0.29) is 17.7 Å². The van der Waals surface area contributed by atoms with E-state index in [1.807, 2.05) is 73.3 Å². The van der Waals surface area contributed by atoms with E-state index in [0.717, 1.165) is 20.9 Å². The second-order valence-corrected chi connectivity index (χ2v) is 9.46. The molecule has 166 valence electrons. The molecule has 0 radical (unpaired) electrons. The average molecular weight is 515 g/mol. The molecule has 7 heteroatoms. The van der Waals surface area contributed by atoms with Crippen molar-refractivity contribution in [3.05, 3.63) is 69.7 Å². The fraction of sp³-hybridized carbons (Fsp3) is 0.280. The summed E-state index contributed by atoms with van der Waals surface area (Å²) in [6.07, 6.45) is 0. The lowest BCUT2D eigenvalue weighted by atomic mass is 10.0. The molecule has 3 aromatic carbocycles. The lowest BCUT2D eigenvalue weighted by Gasteiger charge is -2.38. The van der Waals surface area contributed by atoms with Crippen molar-refractivity contribution in [3.8, 4) is 0 Å². The van der Waals surface area contributed by atoms with Crippen LogP contribution >= 0.6 is 27.5 Å². The van der Waals surface area contributed by atoms with Gasteiger partial charge in [0.25, 0.3) is 5.91 Å². The fourth-order valence-electron chi connectivity index (χ4n) is 4.11. The zero-order chi connectivity index (χ0) is 22.8. The van der Waals surface area contributed by atoms with Crippen LogP contribution in [0.4, 0.5) is 11.4 Å². The minimum absolute atomic E-state index is 0.0163. The molecule has 1 saturated heterocycles. The van der Waals surface area contributed by atoms with Gasteiger partial charge >= 0.3 is 0 Å². The molecule has 0 aliphatic carbocycles. The standard InChI is InChI=1S/C25H25BrClN3O2/c1-16(2)25(32)30-14-12-29(13-15-30)23-21(27)10-5-11-22(23)28-24(31)19-8-3-7-18-17(19)6-4-9-20(18)26/h3-11,16H,12-15H2,1-2H3,(H,28,31). The van der Waals surface area contributed by atoms with Gasteiger partial charge in [0.15, 0.2) is 0 Å². The first-order valence-corrected chi connectivity index (χ1v) is 11.8. The Bertz CT molecular complexity index is 1170. The molecule has 1 heterocycles. The predicted molar refractivity (Wildman–Crippen MR) is 135 cm³/mol. The highest BCUT2D eigenvalue weighted by Gasteiger charge is 2.26. The predicted octanol–water partition coefficient (Wildman–Crippen LogP) is 5.81. The molecule has 1 aliphatic rings. The number of piperazine rings is 1. The molecular weight excluding hydrogens is 490 g/mol. The van der Waals surface area contributed by atoms with Crippen LogP contribution < -0.4 is 10.2 Å². The summed E-state index contributed by atoms with van der Waals surface area (Å²) < 4.78 is 0.946. The molecule has 2 amide bonds. The van der Waals surface area contributed by atoms with Gasteiger partial charge in [-0.3, -0.25) is 9.59 Å². The number of benzene rings is 3. The van der Waals surface area contributed by atoms with E-state index < -0.39 is 0 Å². The van der Waals surface area contributed by atoms with Crippen molar-refractivity contribution in [2.75, 3.05) is 36.4 Å². The van der Waals surface area contributed by atoms with Gasteiger partial charge in [-0.05, 0) is 35.0 Å². The number of rotatable bonds is 4. The van der Waals surface area contributed by atoms with Crippen molar-refractivity contribution < 1.29 is 9.59 Å². The van der Waals surface area contributed by atoms with Gasteiger partial charge in [-0.15, -0.1) is 0 Å². The summed E-state index contributed by atoms with van der Waals surface area (Å²) in [4.78, 5) is 29.6. The number of hydrogen-bond donors (Lipinski definition) is 1. The highest BCUT2D eigenvalue weighted by molar-refractivity contribution is 9.10. The minimum Gasteiger partial charge on any atom is -0.365 e. The maximum absolute atomic E-state index is 13.3. The van der Waals surface area contributed by atoms with Gasteiger partial charge in [0.05, 0.1) is 16.4 Å².